The zero-order valence-electron chi connectivity index (χ0n) is 12.3. The summed E-state index contributed by atoms with van der Waals surface area (Å²) in [5.74, 6) is 3.50. The van der Waals surface area contributed by atoms with E-state index < -0.39 is 0 Å². The summed E-state index contributed by atoms with van der Waals surface area (Å²) in [6.07, 6.45) is 0.640. The highest BCUT2D eigenvalue weighted by molar-refractivity contribution is 5.54. The molecule has 0 fully saturated rings. The average molecular weight is 276 g/mol. The molecule has 2 rings (SSSR count). The average Bonchev–Trinajstić information content (AvgIpc) is 2.80. The molecule has 0 bridgehead atoms. The molecule has 0 radical (unpaired) electrons. The van der Waals surface area contributed by atoms with Crippen molar-refractivity contribution in [3.8, 4) is 0 Å². The number of nitrogen functional groups attached to an aromatic ring is 1. The molecule has 0 aliphatic carbocycles. The number of aromatic nitrogens is 4. The molecular formula is C13H20N6O. The van der Waals surface area contributed by atoms with Crippen molar-refractivity contribution in [3.05, 3.63) is 23.1 Å². The fourth-order valence-electron chi connectivity index (χ4n) is 1.71. The molecule has 0 aromatic carbocycles. The third-order valence-corrected chi connectivity index (χ3v) is 2.92. The van der Waals surface area contributed by atoms with Gasteiger partial charge in [0.15, 0.2) is 5.82 Å². The van der Waals surface area contributed by atoms with E-state index in [9.17, 15) is 0 Å². The van der Waals surface area contributed by atoms with Crippen LogP contribution >= 0.6 is 0 Å². The second-order valence-electron chi connectivity index (χ2n) is 5.01. The number of anilines is 2. The van der Waals surface area contributed by atoms with Crippen molar-refractivity contribution >= 4 is 11.6 Å². The topological polar surface area (TPSA) is 103 Å². The van der Waals surface area contributed by atoms with Crippen LogP contribution in [0.3, 0.4) is 0 Å². The Hall–Kier alpha value is -2.18. The number of rotatable bonds is 5. The molecule has 7 heteroatoms. The van der Waals surface area contributed by atoms with Crippen LogP contribution in [0.4, 0.5) is 11.6 Å². The lowest BCUT2D eigenvalue weighted by Gasteiger charge is -2.12. The van der Waals surface area contributed by atoms with Crippen molar-refractivity contribution in [2.24, 2.45) is 0 Å². The van der Waals surface area contributed by atoms with Gasteiger partial charge < -0.3 is 15.6 Å². The zero-order chi connectivity index (χ0) is 14.7. The van der Waals surface area contributed by atoms with Crippen LogP contribution in [0, 0.1) is 13.8 Å². The van der Waals surface area contributed by atoms with Gasteiger partial charge in [-0.2, -0.15) is 4.98 Å². The third-order valence-electron chi connectivity index (χ3n) is 2.92. The quantitative estimate of drug-likeness (QED) is 0.858. The van der Waals surface area contributed by atoms with Crippen molar-refractivity contribution in [1.29, 1.82) is 0 Å². The molecule has 2 aromatic rings. The molecular weight excluding hydrogens is 256 g/mol. The third kappa shape index (κ3) is 3.23. The van der Waals surface area contributed by atoms with Gasteiger partial charge in [-0.1, -0.05) is 19.0 Å². The molecule has 7 nitrogen and oxygen atoms in total. The highest BCUT2D eigenvalue weighted by Gasteiger charge is 2.11. The Kier molecular flexibility index (Phi) is 4.16. The van der Waals surface area contributed by atoms with Crippen LogP contribution in [-0.2, 0) is 6.42 Å². The highest BCUT2D eigenvalue weighted by Crippen LogP contribution is 2.20. The number of nitrogens with one attached hydrogen (secondary N) is 1. The lowest BCUT2D eigenvalue weighted by Crippen LogP contribution is -2.12. The fraction of sp³-hybridized carbons (Fsp3) is 0.538. The summed E-state index contributed by atoms with van der Waals surface area (Å²) in [6.45, 7) is 8.42. The zero-order valence-corrected chi connectivity index (χ0v) is 12.3. The van der Waals surface area contributed by atoms with E-state index in [0.717, 1.165) is 17.2 Å². The van der Waals surface area contributed by atoms with Gasteiger partial charge >= 0.3 is 0 Å². The summed E-state index contributed by atoms with van der Waals surface area (Å²) in [6, 6.07) is 0. The van der Waals surface area contributed by atoms with E-state index in [0.29, 0.717) is 30.5 Å². The number of nitrogens with two attached hydrogens (primary N) is 1. The molecule has 2 aromatic heterocycles. The van der Waals surface area contributed by atoms with Gasteiger partial charge in [-0.25, -0.2) is 9.97 Å². The normalized spacial score (nSPS) is 11.1. The Labute approximate surface area is 118 Å². The molecule has 0 aliphatic rings. The lowest BCUT2D eigenvalue weighted by molar-refractivity contribution is 0.377. The van der Waals surface area contributed by atoms with Gasteiger partial charge in [0.2, 0.25) is 5.89 Å². The molecule has 0 saturated heterocycles. The van der Waals surface area contributed by atoms with Gasteiger partial charge in [0.1, 0.15) is 17.5 Å². The second kappa shape index (κ2) is 5.85. The van der Waals surface area contributed by atoms with E-state index in [4.69, 9.17) is 10.3 Å². The number of hydrogen-bond acceptors (Lipinski definition) is 7. The van der Waals surface area contributed by atoms with E-state index >= 15 is 0 Å². The van der Waals surface area contributed by atoms with Crippen molar-refractivity contribution in [1.82, 2.24) is 20.1 Å². The first-order chi connectivity index (χ1) is 9.47. The maximum atomic E-state index is 5.91. The summed E-state index contributed by atoms with van der Waals surface area (Å²) in [4.78, 5) is 12.9. The van der Waals surface area contributed by atoms with Crippen LogP contribution in [0.15, 0.2) is 4.52 Å². The largest absolute Gasteiger partial charge is 0.383 e. The molecule has 0 amide bonds. The smallest absolute Gasteiger partial charge is 0.228 e. The Bertz CT molecular complexity index is 593. The summed E-state index contributed by atoms with van der Waals surface area (Å²) in [5, 5.41) is 7.00. The first-order valence-electron chi connectivity index (χ1n) is 6.64. The van der Waals surface area contributed by atoms with Crippen molar-refractivity contribution in [3.63, 3.8) is 0 Å². The fourth-order valence-corrected chi connectivity index (χ4v) is 1.71. The first kappa shape index (κ1) is 14.2. The first-order valence-corrected chi connectivity index (χ1v) is 6.64. The van der Waals surface area contributed by atoms with Gasteiger partial charge in [0.25, 0.3) is 0 Å². The van der Waals surface area contributed by atoms with Gasteiger partial charge in [0.05, 0.1) is 0 Å². The second-order valence-corrected chi connectivity index (χ2v) is 5.01. The van der Waals surface area contributed by atoms with Crippen molar-refractivity contribution in [2.45, 2.75) is 40.0 Å². The maximum Gasteiger partial charge on any atom is 0.228 e. The molecule has 20 heavy (non-hydrogen) atoms. The molecule has 0 atom stereocenters. The van der Waals surface area contributed by atoms with Crippen LogP contribution in [0.25, 0.3) is 0 Å². The van der Waals surface area contributed by atoms with Crippen LogP contribution in [0.1, 0.15) is 42.9 Å². The Morgan fingerprint density at radius 3 is 2.55 bits per heavy atom. The molecule has 2 heterocycles. The number of hydrogen-bond donors (Lipinski definition) is 2. The van der Waals surface area contributed by atoms with E-state index in [1.165, 1.54) is 0 Å². The van der Waals surface area contributed by atoms with E-state index in [1.54, 1.807) is 6.92 Å². The minimum absolute atomic E-state index is 0.233. The molecule has 0 aliphatic heterocycles. The Morgan fingerprint density at radius 1 is 1.20 bits per heavy atom. The summed E-state index contributed by atoms with van der Waals surface area (Å²) >= 11 is 0. The molecule has 108 valence electrons. The Morgan fingerprint density at radius 2 is 1.95 bits per heavy atom. The standard InChI is InChI=1S/C13H20N6O/c1-7(2)12-17-11(14)8(3)13(18-12)15-6-5-10-16-9(4)19-20-10/h7H,5-6H2,1-4H3,(H3,14,15,17,18). The van der Waals surface area contributed by atoms with Gasteiger partial charge in [-0.05, 0) is 13.8 Å². The van der Waals surface area contributed by atoms with Crippen LogP contribution in [0.2, 0.25) is 0 Å². The summed E-state index contributed by atoms with van der Waals surface area (Å²) in [5.41, 5.74) is 6.77. The van der Waals surface area contributed by atoms with E-state index in [2.05, 4.69) is 25.4 Å². The number of aryl methyl sites for hydroxylation is 1. The van der Waals surface area contributed by atoms with E-state index in [-0.39, 0.29) is 5.92 Å². The highest BCUT2D eigenvalue weighted by atomic mass is 16.5. The molecule has 3 N–H and O–H groups in total. The summed E-state index contributed by atoms with van der Waals surface area (Å²) < 4.78 is 5.06. The van der Waals surface area contributed by atoms with Crippen LogP contribution < -0.4 is 11.1 Å². The van der Waals surface area contributed by atoms with Crippen LogP contribution in [0.5, 0.6) is 0 Å². The lowest BCUT2D eigenvalue weighted by atomic mass is 10.2. The maximum absolute atomic E-state index is 5.91. The van der Waals surface area contributed by atoms with E-state index in [1.807, 2.05) is 20.8 Å². The Balaban J connectivity index is 2.05. The predicted octanol–water partition coefficient (Wildman–Crippen LogP) is 1.84. The molecule has 0 unspecified atom stereocenters. The molecule has 0 spiro atoms. The minimum Gasteiger partial charge on any atom is -0.383 e. The SMILES string of the molecule is Cc1noc(CCNc2nc(C(C)C)nc(N)c2C)n1. The predicted molar refractivity (Wildman–Crippen MR) is 76.5 cm³/mol. The number of nitrogens with zero attached hydrogens (tertiary/aromatic N) is 4. The van der Waals surface area contributed by atoms with Crippen molar-refractivity contribution in [2.75, 3.05) is 17.6 Å². The monoisotopic (exact) mass is 276 g/mol. The van der Waals surface area contributed by atoms with Gasteiger partial charge in [-0.15, -0.1) is 0 Å². The van der Waals surface area contributed by atoms with Crippen LogP contribution in [-0.4, -0.2) is 26.7 Å². The van der Waals surface area contributed by atoms with Gasteiger partial charge in [-0.3, -0.25) is 0 Å². The minimum atomic E-state index is 0.233. The summed E-state index contributed by atoms with van der Waals surface area (Å²) in [7, 11) is 0. The van der Waals surface area contributed by atoms with Gasteiger partial charge in [0, 0.05) is 24.4 Å². The van der Waals surface area contributed by atoms with Crippen molar-refractivity contribution < 1.29 is 4.52 Å². The molecule has 0 saturated carbocycles.